The van der Waals surface area contributed by atoms with Gasteiger partial charge in [-0.25, -0.2) is 0 Å². The molecule has 0 heterocycles. The second kappa shape index (κ2) is 10.3. The standard InChI is InChI=1S/C24H27NO3/c1-18(2)20-11-9-19(10-12-20)7-5-6-8-23(25(3)17-24(26)27)21-13-15-22(28-4)16-14-21/h6,8-16,18,23H,17H2,1-4H3,(H,26,27)/b8-6+. The number of methoxy groups -OCH3 is 1. The molecule has 4 heteroatoms. The summed E-state index contributed by atoms with van der Waals surface area (Å²) in [4.78, 5) is 12.9. The minimum atomic E-state index is -0.870. The van der Waals surface area contributed by atoms with E-state index in [1.807, 2.05) is 42.5 Å². The first-order chi connectivity index (χ1) is 13.4. The summed E-state index contributed by atoms with van der Waals surface area (Å²) in [5, 5.41) is 9.13. The Bertz CT molecular complexity index is 855. The molecule has 2 rings (SSSR count). The lowest BCUT2D eigenvalue weighted by Gasteiger charge is -2.24. The number of hydrogen-bond donors (Lipinski definition) is 1. The Hall–Kier alpha value is -3.03. The zero-order valence-corrected chi connectivity index (χ0v) is 16.8. The third-order valence-electron chi connectivity index (χ3n) is 4.47. The summed E-state index contributed by atoms with van der Waals surface area (Å²) in [6, 6.07) is 15.6. The average Bonchev–Trinajstić information content (AvgIpc) is 2.68. The Balaban J connectivity index is 2.18. The summed E-state index contributed by atoms with van der Waals surface area (Å²) in [5.41, 5.74) is 3.22. The zero-order valence-electron chi connectivity index (χ0n) is 16.8. The van der Waals surface area contributed by atoms with Crippen molar-refractivity contribution >= 4 is 5.97 Å². The van der Waals surface area contributed by atoms with Crippen LogP contribution in [0.3, 0.4) is 0 Å². The monoisotopic (exact) mass is 377 g/mol. The summed E-state index contributed by atoms with van der Waals surface area (Å²) in [6.45, 7) is 4.26. The van der Waals surface area contributed by atoms with E-state index in [4.69, 9.17) is 9.84 Å². The molecule has 0 aliphatic carbocycles. The second-order valence-electron chi connectivity index (χ2n) is 6.93. The predicted molar refractivity (Wildman–Crippen MR) is 113 cm³/mol. The number of allylic oxidation sites excluding steroid dienone is 1. The number of carboxylic acids is 1. The van der Waals surface area contributed by atoms with Crippen LogP contribution in [0.4, 0.5) is 0 Å². The van der Waals surface area contributed by atoms with Crippen LogP contribution >= 0.6 is 0 Å². The number of nitrogens with zero attached hydrogens (tertiary/aromatic N) is 1. The number of benzene rings is 2. The average molecular weight is 377 g/mol. The van der Waals surface area contributed by atoms with Crippen molar-refractivity contribution in [3.8, 4) is 17.6 Å². The molecular weight excluding hydrogens is 350 g/mol. The molecule has 0 radical (unpaired) electrons. The van der Waals surface area contributed by atoms with Crippen LogP contribution < -0.4 is 4.74 Å². The van der Waals surface area contributed by atoms with Gasteiger partial charge in [-0.3, -0.25) is 9.69 Å². The van der Waals surface area contributed by atoms with Crippen LogP contribution in [0.1, 0.15) is 42.5 Å². The van der Waals surface area contributed by atoms with Gasteiger partial charge in [0.25, 0.3) is 0 Å². The van der Waals surface area contributed by atoms with Crippen molar-refractivity contribution in [1.29, 1.82) is 0 Å². The quantitative estimate of drug-likeness (QED) is 0.723. The van der Waals surface area contributed by atoms with Gasteiger partial charge in [-0.1, -0.05) is 56.0 Å². The lowest BCUT2D eigenvalue weighted by Crippen LogP contribution is -2.29. The summed E-state index contributed by atoms with van der Waals surface area (Å²) >= 11 is 0. The number of carbonyl (C=O) groups is 1. The molecular formula is C24H27NO3. The predicted octanol–water partition coefficient (Wildman–Crippen LogP) is 4.48. The van der Waals surface area contributed by atoms with Crippen LogP contribution in [-0.2, 0) is 4.79 Å². The van der Waals surface area contributed by atoms with Crippen molar-refractivity contribution in [3.63, 3.8) is 0 Å². The Morgan fingerprint density at radius 3 is 2.25 bits per heavy atom. The summed E-state index contributed by atoms with van der Waals surface area (Å²) in [7, 11) is 3.40. The van der Waals surface area contributed by atoms with Crippen LogP contribution in [0.5, 0.6) is 5.75 Å². The highest BCUT2D eigenvalue weighted by molar-refractivity contribution is 5.69. The molecule has 4 nitrogen and oxygen atoms in total. The lowest BCUT2D eigenvalue weighted by molar-refractivity contribution is -0.138. The van der Waals surface area contributed by atoms with E-state index in [1.54, 1.807) is 25.1 Å². The largest absolute Gasteiger partial charge is 0.497 e. The van der Waals surface area contributed by atoms with E-state index < -0.39 is 5.97 Å². The summed E-state index contributed by atoms with van der Waals surface area (Å²) < 4.78 is 5.20. The first-order valence-corrected chi connectivity index (χ1v) is 9.25. The molecule has 0 aliphatic rings. The topological polar surface area (TPSA) is 49.8 Å². The Kier molecular flexibility index (Phi) is 7.86. The van der Waals surface area contributed by atoms with Crippen LogP contribution in [0.25, 0.3) is 0 Å². The van der Waals surface area contributed by atoms with E-state index in [9.17, 15) is 4.79 Å². The molecule has 0 spiro atoms. The van der Waals surface area contributed by atoms with Crippen LogP contribution in [0, 0.1) is 11.8 Å². The number of carboxylic acid groups (broad SMARTS) is 1. The maximum atomic E-state index is 11.1. The maximum Gasteiger partial charge on any atom is 0.317 e. The normalized spacial score (nSPS) is 12.1. The van der Waals surface area contributed by atoms with E-state index in [0.717, 1.165) is 16.9 Å². The molecule has 0 fully saturated rings. The second-order valence-corrected chi connectivity index (χ2v) is 6.93. The molecule has 0 bridgehead atoms. The number of ether oxygens (including phenoxy) is 1. The molecule has 28 heavy (non-hydrogen) atoms. The van der Waals surface area contributed by atoms with E-state index in [1.165, 1.54) is 5.56 Å². The highest BCUT2D eigenvalue weighted by Gasteiger charge is 2.16. The van der Waals surface area contributed by atoms with Gasteiger partial charge in [0, 0.05) is 5.56 Å². The smallest absolute Gasteiger partial charge is 0.317 e. The van der Waals surface area contributed by atoms with Gasteiger partial charge in [0.2, 0.25) is 0 Å². The fourth-order valence-corrected chi connectivity index (χ4v) is 2.84. The fourth-order valence-electron chi connectivity index (χ4n) is 2.84. The van der Waals surface area contributed by atoms with Gasteiger partial charge in [0.05, 0.1) is 19.7 Å². The molecule has 0 saturated heterocycles. The van der Waals surface area contributed by atoms with Crippen molar-refractivity contribution in [2.45, 2.75) is 25.8 Å². The third-order valence-corrected chi connectivity index (χ3v) is 4.47. The van der Waals surface area contributed by atoms with Gasteiger partial charge in [-0.15, -0.1) is 0 Å². The SMILES string of the molecule is COc1ccc(C(/C=C/C#Cc2ccc(C(C)C)cc2)N(C)CC(=O)O)cc1. The molecule has 0 aliphatic heterocycles. The highest BCUT2D eigenvalue weighted by Crippen LogP contribution is 2.23. The highest BCUT2D eigenvalue weighted by atomic mass is 16.5. The number of likely N-dealkylation sites (N-methyl/N-ethyl adjacent to an activating group) is 1. The van der Waals surface area contributed by atoms with Crippen molar-refractivity contribution in [2.24, 2.45) is 0 Å². The zero-order chi connectivity index (χ0) is 20.5. The molecule has 0 saturated carbocycles. The summed E-state index contributed by atoms with van der Waals surface area (Å²) in [5.74, 6) is 6.56. The van der Waals surface area contributed by atoms with E-state index in [0.29, 0.717) is 5.92 Å². The Morgan fingerprint density at radius 1 is 1.11 bits per heavy atom. The molecule has 1 unspecified atom stereocenters. The fraction of sp³-hybridized carbons (Fsp3) is 0.292. The minimum absolute atomic E-state index is 0.0644. The van der Waals surface area contributed by atoms with Crippen molar-refractivity contribution in [3.05, 3.63) is 77.4 Å². The number of rotatable bonds is 7. The Morgan fingerprint density at radius 2 is 1.71 bits per heavy atom. The molecule has 0 amide bonds. The molecule has 2 aromatic rings. The van der Waals surface area contributed by atoms with Gasteiger partial charge >= 0.3 is 5.97 Å². The maximum absolute atomic E-state index is 11.1. The van der Waals surface area contributed by atoms with Crippen LogP contribution in [0.15, 0.2) is 60.7 Å². The van der Waals surface area contributed by atoms with Gasteiger partial charge in [0.15, 0.2) is 0 Å². The van der Waals surface area contributed by atoms with Gasteiger partial charge < -0.3 is 9.84 Å². The van der Waals surface area contributed by atoms with Crippen molar-refractivity contribution in [1.82, 2.24) is 4.90 Å². The molecule has 1 N–H and O–H groups in total. The lowest BCUT2D eigenvalue weighted by atomic mass is 10.0. The van der Waals surface area contributed by atoms with Gasteiger partial charge in [-0.05, 0) is 54.4 Å². The minimum Gasteiger partial charge on any atom is -0.497 e. The molecule has 0 aromatic heterocycles. The van der Waals surface area contributed by atoms with Crippen molar-refractivity contribution in [2.75, 3.05) is 20.7 Å². The number of aliphatic carboxylic acids is 1. The summed E-state index contributed by atoms with van der Waals surface area (Å²) in [6.07, 6.45) is 3.70. The molecule has 146 valence electrons. The number of hydrogen-bond acceptors (Lipinski definition) is 3. The van der Waals surface area contributed by atoms with E-state index in [-0.39, 0.29) is 12.6 Å². The van der Waals surface area contributed by atoms with E-state index >= 15 is 0 Å². The van der Waals surface area contributed by atoms with E-state index in [2.05, 4.69) is 37.8 Å². The van der Waals surface area contributed by atoms with Crippen LogP contribution in [-0.4, -0.2) is 36.7 Å². The van der Waals surface area contributed by atoms with Crippen molar-refractivity contribution < 1.29 is 14.6 Å². The first kappa shape index (κ1) is 21.3. The molecule has 1 atom stereocenters. The molecule has 2 aromatic carbocycles. The van der Waals surface area contributed by atoms with Crippen LogP contribution in [0.2, 0.25) is 0 Å². The Labute approximate surface area is 167 Å². The van der Waals surface area contributed by atoms with Gasteiger partial charge in [-0.2, -0.15) is 0 Å². The van der Waals surface area contributed by atoms with Gasteiger partial charge in [0.1, 0.15) is 5.75 Å². The third kappa shape index (κ3) is 6.29. The first-order valence-electron chi connectivity index (χ1n) is 9.25.